The van der Waals surface area contributed by atoms with Crippen LogP contribution in [0, 0.1) is 12.3 Å². The molecule has 1 saturated carbocycles. The van der Waals surface area contributed by atoms with Gasteiger partial charge in [0, 0.05) is 32.7 Å². The SMILES string of the molecule is [CH-]1CC2CC1CN2.[Y]. The van der Waals surface area contributed by atoms with Gasteiger partial charge >= 0.3 is 0 Å². The van der Waals surface area contributed by atoms with Crippen molar-refractivity contribution < 1.29 is 32.7 Å². The molecule has 0 amide bonds. The first-order chi connectivity index (χ1) is 3.45. The van der Waals surface area contributed by atoms with Gasteiger partial charge < -0.3 is 11.7 Å². The van der Waals surface area contributed by atoms with Gasteiger partial charge in [0.15, 0.2) is 0 Å². The number of hydrogen-bond acceptors (Lipinski definition) is 1. The van der Waals surface area contributed by atoms with Crippen molar-refractivity contribution in [1.82, 2.24) is 5.32 Å². The van der Waals surface area contributed by atoms with E-state index in [1.54, 1.807) is 0 Å². The van der Waals surface area contributed by atoms with Gasteiger partial charge in [-0.3, -0.25) is 0 Å². The Bertz CT molecular complexity index is 66.6. The predicted octanol–water partition coefficient (Wildman–Crippen LogP) is 0.570. The average molecular weight is 185 g/mol. The normalized spacial score (nSPS) is 42.0. The second-order valence-electron chi connectivity index (χ2n) is 2.57. The Hall–Kier alpha value is 1.06. The monoisotopic (exact) mass is 185 g/mol. The van der Waals surface area contributed by atoms with Crippen LogP contribution in [0.5, 0.6) is 0 Å². The van der Waals surface area contributed by atoms with Gasteiger partial charge in [-0.15, -0.1) is 0 Å². The van der Waals surface area contributed by atoms with Gasteiger partial charge in [0.25, 0.3) is 0 Å². The Morgan fingerprint density at radius 2 is 2.38 bits per heavy atom. The summed E-state index contributed by atoms with van der Waals surface area (Å²) in [6, 6.07) is 0.866. The van der Waals surface area contributed by atoms with Crippen LogP contribution in [-0.4, -0.2) is 12.6 Å². The third kappa shape index (κ3) is 1.14. The molecule has 2 bridgehead atoms. The predicted molar refractivity (Wildman–Crippen MR) is 28.8 cm³/mol. The second kappa shape index (κ2) is 2.76. The van der Waals surface area contributed by atoms with E-state index in [4.69, 9.17) is 0 Å². The number of nitrogens with one attached hydrogen (secondary N) is 1. The molecule has 1 heterocycles. The number of rotatable bonds is 0. The maximum Gasteiger partial charge on any atom is 0 e. The maximum absolute atomic E-state index is 3.42. The molecule has 2 rings (SSSR count). The molecule has 0 aromatic heterocycles. The molecule has 2 aliphatic rings. The number of piperidine rings is 1. The molecular formula is C6H10NY-. The summed E-state index contributed by atoms with van der Waals surface area (Å²) < 4.78 is 0. The van der Waals surface area contributed by atoms with E-state index < -0.39 is 0 Å². The van der Waals surface area contributed by atoms with Crippen molar-refractivity contribution in [3.63, 3.8) is 0 Å². The van der Waals surface area contributed by atoms with E-state index in [9.17, 15) is 0 Å². The van der Waals surface area contributed by atoms with E-state index in [0.717, 1.165) is 12.0 Å². The molecule has 1 saturated heterocycles. The first-order valence-electron chi connectivity index (χ1n) is 3.02. The molecule has 2 unspecified atom stereocenters. The molecule has 1 aliphatic heterocycles. The Labute approximate surface area is 75.5 Å². The molecule has 0 aromatic carbocycles. The average Bonchev–Trinajstić information content (AvgIpc) is 2.22. The van der Waals surface area contributed by atoms with Gasteiger partial charge in [-0.1, -0.05) is 6.42 Å². The molecule has 1 aliphatic carbocycles. The molecule has 1 radical (unpaired) electrons. The van der Waals surface area contributed by atoms with Crippen LogP contribution < -0.4 is 5.32 Å². The van der Waals surface area contributed by atoms with Gasteiger partial charge in [0.05, 0.1) is 0 Å². The molecule has 1 nitrogen and oxygen atoms in total. The Balaban J connectivity index is 0.000000320. The van der Waals surface area contributed by atoms with E-state index in [0.29, 0.717) is 0 Å². The van der Waals surface area contributed by atoms with E-state index >= 15 is 0 Å². The van der Waals surface area contributed by atoms with Gasteiger partial charge in [0.1, 0.15) is 0 Å². The molecule has 2 heteroatoms. The second-order valence-corrected chi connectivity index (χ2v) is 2.57. The van der Waals surface area contributed by atoms with Crippen molar-refractivity contribution in [3.05, 3.63) is 6.42 Å². The standard InChI is InChI=1S/C6H10N.Y/c1-2-6-3-5(1)4-7-6;/h1,5-7H,2-4H2;/q-1;. The molecular weight excluding hydrogens is 175 g/mol. The third-order valence-corrected chi connectivity index (χ3v) is 2.01. The van der Waals surface area contributed by atoms with Gasteiger partial charge in [-0.05, 0) is 12.6 Å². The largest absolute Gasteiger partial charge is 0.323 e. The van der Waals surface area contributed by atoms with Crippen molar-refractivity contribution in [2.75, 3.05) is 6.54 Å². The van der Waals surface area contributed by atoms with Gasteiger partial charge in [-0.25, -0.2) is 0 Å². The van der Waals surface area contributed by atoms with Crippen LogP contribution >= 0.6 is 0 Å². The van der Waals surface area contributed by atoms with Crippen molar-refractivity contribution in [2.45, 2.75) is 18.9 Å². The van der Waals surface area contributed by atoms with Crippen molar-refractivity contribution in [3.8, 4) is 0 Å². The summed E-state index contributed by atoms with van der Waals surface area (Å²) in [5.74, 6) is 0.935. The fraction of sp³-hybridized carbons (Fsp3) is 0.833. The molecule has 2 fully saturated rings. The van der Waals surface area contributed by atoms with E-state index in [2.05, 4.69) is 11.7 Å². The van der Waals surface area contributed by atoms with Crippen LogP contribution in [0.1, 0.15) is 12.8 Å². The summed E-state index contributed by atoms with van der Waals surface area (Å²) in [7, 11) is 0. The van der Waals surface area contributed by atoms with Gasteiger partial charge in [-0.2, -0.15) is 12.3 Å². The minimum Gasteiger partial charge on any atom is -0.323 e. The summed E-state index contributed by atoms with van der Waals surface area (Å²) >= 11 is 0. The van der Waals surface area contributed by atoms with Crippen LogP contribution in [0.3, 0.4) is 0 Å². The van der Waals surface area contributed by atoms with Crippen LogP contribution in [0.25, 0.3) is 0 Å². The minimum atomic E-state index is 0. The van der Waals surface area contributed by atoms with E-state index in [-0.39, 0.29) is 32.7 Å². The Kier molecular flexibility index (Phi) is 2.48. The summed E-state index contributed by atoms with van der Waals surface area (Å²) in [5, 5.41) is 3.42. The summed E-state index contributed by atoms with van der Waals surface area (Å²) in [5.41, 5.74) is 0. The fourth-order valence-electron chi connectivity index (χ4n) is 1.57. The quantitative estimate of drug-likeness (QED) is 0.544. The number of hydrogen-bond donors (Lipinski definition) is 1. The summed E-state index contributed by atoms with van der Waals surface area (Å²) in [6.07, 6.45) is 5.19. The fourth-order valence-corrected chi connectivity index (χ4v) is 1.57. The topological polar surface area (TPSA) is 12.0 Å². The van der Waals surface area contributed by atoms with Crippen LogP contribution in [0.2, 0.25) is 0 Å². The van der Waals surface area contributed by atoms with Crippen LogP contribution in [0.4, 0.5) is 0 Å². The minimum absolute atomic E-state index is 0. The van der Waals surface area contributed by atoms with Crippen molar-refractivity contribution in [2.24, 2.45) is 5.92 Å². The zero-order valence-electron chi connectivity index (χ0n) is 4.93. The van der Waals surface area contributed by atoms with E-state index in [1.165, 1.54) is 19.4 Å². The zero-order chi connectivity index (χ0) is 4.69. The zero-order valence-corrected chi connectivity index (χ0v) is 7.77. The summed E-state index contributed by atoms with van der Waals surface area (Å²) in [6.45, 7) is 1.25. The number of fused-ring (bicyclic) bond motifs is 2. The Morgan fingerprint density at radius 3 is 2.50 bits per heavy atom. The van der Waals surface area contributed by atoms with Crippen LogP contribution in [-0.2, 0) is 32.7 Å². The molecule has 0 aromatic rings. The van der Waals surface area contributed by atoms with Crippen molar-refractivity contribution >= 4 is 0 Å². The molecule has 2 atom stereocenters. The Morgan fingerprint density at radius 1 is 1.50 bits per heavy atom. The molecule has 8 heavy (non-hydrogen) atoms. The molecule has 43 valence electrons. The van der Waals surface area contributed by atoms with Crippen LogP contribution in [0.15, 0.2) is 0 Å². The smallest absolute Gasteiger partial charge is 0 e. The maximum atomic E-state index is 3.42. The summed E-state index contributed by atoms with van der Waals surface area (Å²) in [4.78, 5) is 0. The van der Waals surface area contributed by atoms with E-state index in [1.807, 2.05) is 0 Å². The molecule has 1 N–H and O–H groups in total. The first-order valence-corrected chi connectivity index (χ1v) is 3.02. The molecule has 0 spiro atoms. The third-order valence-electron chi connectivity index (χ3n) is 2.01. The van der Waals surface area contributed by atoms with Gasteiger partial charge in [0.2, 0.25) is 0 Å². The van der Waals surface area contributed by atoms with Crippen molar-refractivity contribution in [1.29, 1.82) is 0 Å². The first kappa shape index (κ1) is 7.17.